The highest BCUT2D eigenvalue weighted by atomic mass is 19.4. The Morgan fingerprint density at radius 3 is 2.48 bits per heavy atom. The Morgan fingerprint density at radius 2 is 1.89 bits per heavy atom. The standard InChI is InChI=1S/C19H18F3N3O2/c1-11(2)16-15-8-13(9-23-17(15)27-24-16)18(26)25(3)10-12-4-6-14(7-5-12)19(20,21)22/h4-9,11H,10H2,1-3H3. The number of pyridine rings is 1. The number of nitrogens with zero attached hydrogens (tertiary/aromatic N) is 3. The third-order valence-electron chi connectivity index (χ3n) is 4.20. The lowest BCUT2D eigenvalue weighted by Gasteiger charge is -2.17. The Hall–Kier alpha value is -2.90. The molecule has 0 fully saturated rings. The maximum absolute atomic E-state index is 12.7. The van der Waals surface area contributed by atoms with Gasteiger partial charge in [-0.3, -0.25) is 4.79 Å². The summed E-state index contributed by atoms with van der Waals surface area (Å²) in [6.45, 7) is 4.10. The largest absolute Gasteiger partial charge is 0.416 e. The van der Waals surface area contributed by atoms with Gasteiger partial charge in [0.25, 0.3) is 11.6 Å². The van der Waals surface area contributed by atoms with E-state index < -0.39 is 11.7 Å². The van der Waals surface area contributed by atoms with Gasteiger partial charge in [0.1, 0.15) is 0 Å². The highest BCUT2D eigenvalue weighted by molar-refractivity contribution is 5.96. The summed E-state index contributed by atoms with van der Waals surface area (Å²) in [4.78, 5) is 18.2. The minimum absolute atomic E-state index is 0.114. The van der Waals surface area contributed by atoms with Gasteiger partial charge in [-0.15, -0.1) is 0 Å². The van der Waals surface area contributed by atoms with Gasteiger partial charge < -0.3 is 9.42 Å². The van der Waals surface area contributed by atoms with Crippen molar-refractivity contribution in [2.24, 2.45) is 0 Å². The molecular weight excluding hydrogens is 359 g/mol. The van der Waals surface area contributed by atoms with Crippen LogP contribution in [0.1, 0.15) is 46.9 Å². The molecule has 5 nitrogen and oxygen atoms in total. The maximum atomic E-state index is 12.7. The van der Waals surface area contributed by atoms with Crippen LogP contribution in [0.15, 0.2) is 41.1 Å². The van der Waals surface area contributed by atoms with Gasteiger partial charge in [0.05, 0.1) is 22.2 Å². The molecule has 2 heterocycles. The van der Waals surface area contributed by atoms with Crippen LogP contribution in [0.4, 0.5) is 13.2 Å². The molecule has 0 atom stereocenters. The molecule has 3 aromatic rings. The first-order valence-electron chi connectivity index (χ1n) is 8.33. The molecule has 0 saturated heterocycles. The SMILES string of the molecule is CC(C)c1noc2ncc(C(=O)N(C)Cc3ccc(C(F)(F)F)cc3)cc12. The second-order valence-corrected chi connectivity index (χ2v) is 6.66. The fourth-order valence-corrected chi connectivity index (χ4v) is 2.75. The van der Waals surface area contributed by atoms with E-state index in [9.17, 15) is 18.0 Å². The maximum Gasteiger partial charge on any atom is 0.416 e. The van der Waals surface area contributed by atoms with Gasteiger partial charge in [-0.05, 0) is 29.7 Å². The fourth-order valence-electron chi connectivity index (χ4n) is 2.75. The first-order chi connectivity index (χ1) is 12.7. The van der Waals surface area contributed by atoms with E-state index in [2.05, 4.69) is 10.1 Å². The molecule has 8 heteroatoms. The third-order valence-corrected chi connectivity index (χ3v) is 4.20. The minimum atomic E-state index is -4.38. The fraction of sp³-hybridized carbons (Fsp3) is 0.316. The molecule has 0 radical (unpaired) electrons. The van der Waals surface area contributed by atoms with Gasteiger partial charge in [0, 0.05) is 19.8 Å². The third kappa shape index (κ3) is 3.94. The van der Waals surface area contributed by atoms with E-state index in [0.29, 0.717) is 22.2 Å². The van der Waals surface area contributed by atoms with E-state index in [1.165, 1.54) is 23.2 Å². The molecule has 142 valence electrons. The molecule has 3 rings (SSSR count). The lowest BCUT2D eigenvalue weighted by molar-refractivity contribution is -0.137. The van der Waals surface area contributed by atoms with Crippen molar-refractivity contribution in [1.82, 2.24) is 15.0 Å². The Kier molecular flexibility index (Phi) is 4.91. The minimum Gasteiger partial charge on any atom is -0.337 e. The molecule has 0 saturated carbocycles. The Morgan fingerprint density at radius 1 is 1.22 bits per heavy atom. The number of carbonyl (C=O) groups is 1. The number of aromatic nitrogens is 2. The molecule has 0 spiro atoms. The lowest BCUT2D eigenvalue weighted by atomic mass is 10.1. The van der Waals surface area contributed by atoms with Crippen molar-refractivity contribution < 1.29 is 22.5 Å². The van der Waals surface area contributed by atoms with E-state index in [1.54, 1.807) is 13.1 Å². The van der Waals surface area contributed by atoms with Gasteiger partial charge >= 0.3 is 6.18 Å². The van der Waals surface area contributed by atoms with Crippen LogP contribution in [-0.4, -0.2) is 28.0 Å². The molecular formula is C19H18F3N3O2. The van der Waals surface area contributed by atoms with E-state index in [-0.39, 0.29) is 18.4 Å². The Bertz CT molecular complexity index is 962. The van der Waals surface area contributed by atoms with Crippen molar-refractivity contribution in [3.8, 4) is 0 Å². The predicted molar refractivity (Wildman–Crippen MR) is 93.1 cm³/mol. The molecule has 2 aromatic heterocycles. The zero-order valence-electron chi connectivity index (χ0n) is 15.0. The highest BCUT2D eigenvalue weighted by Crippen LogP contribution is 2.29. The van der Waals surface area contributed by atoms with Gasteiger partial charge in [-0.2, -0.15) is 13.2 Å². The van der Waals surface area contributed by atoms with Crippen molar-refractivity contribution in [2.75, 3.05) is 7.05 Å². The monoisotopic (exact) mass is 377 g/mol. The Balaban J connectivity index is 1.79. The van der Waals surface area contributed by atoms with E-state index in [0.717, 1.165) is 17.8 Å². The summed E-state index contributed by atoms with van der Waals surface area (Å²) in [5.74, 6) is -0.177. The first kappa shape index (κ1) is 18.9. The summed E-state index contributed by atoms with van der Waals surface area (Å²) in [7, 11) is 1.58. The number of benzene rings is 1. The van der Waals surface area contributed by atoms with E-state index in [1.807, 2.05) is 13.8 Å². The summed E-state index contributed by atoms with van der Waals surface area (Å²) < 4.78 is 43.1. The average molecular weight is 377 g/mol. The van der Waals surface area contributed by atoms with Crippen molar-refractivity contribution in [3.63, 3.8) is 0 Å². The van der Waals surface area contributed by atoms with Gasteiger partial charge in [0.2, 0.25) is 0 Å². The number of carbonyl (C=O) groups excluding carboxylic acids is 1. The van der Waals surface area contributed by atoms with Gasteiger partial charge in [-0.25, -0.2) is 4.98 Å². The molecule has 0 aliphatic carbocycles. The smallest absolute Gasteiger partial charge is 0.337 e. The number of alkyl halides is 3. The van der Waals surface area contributed by atoms with Gasteiger partial charge in [-0.1, -0.05) is 31.1 Å². The van der Waals surface area contributed by atoms with Crippen molar-refractivity contribution >= 4 is 17.0 Å². The molecule has 1 aromatic carbocycles. The van der Waals surface area contributed by atoms with Crippen molar-refractivity contribution in [1.29, 1.82) is 0 Å². The van der Waals surface area contributed by atoms with Gasteiger partial charge in [0.15, 0.2) is 0 Å². The number of fused-ring (bicyclic) bond motifs is 1. The number of rotatable bonds is 4. The zero-order valence-corrected chi connectivity index (χ0v) is 15.0. The van der Waals surface area contributed by atoms with Crippen LogP contribution < -0.4 is 0 Å². The zero-order chi connectivity index (χ0) is 19.8. The number of amides is 1. The Labute approximate surface area is 153 Å². The molecule has 0 aliphatic heterocycles. The van der Waals surface area contributed by atoms with Crippen LogP contribution in [0, 0.1) is 0 Å². The molecule has 0 unspecified atom stereocenters. The van der Waals surface area contributed by atoms with Crippen molar-refractivity contribution in [2.45, 2.75) is 32.5 Å². The van der Waals surface area contributed by atoms with Crippen LogP contribution in [0.3, 0.4) is 0 Å². The second-order valence-electron chi connectivity index (χ2n) is 6.66. The van der Waals surface area contributed by atoms with Crippen LogP contribution in [-0.2, 0) is 12.7 Å². The molecule has 0 N–H and O–H groups in total. The predicted octanol–water partition coefficient (Wildman–Crippen LogP) is 4.64. The normalized spacial score (nSPS) is 12.0. The van der Waals surface area contributed by atoms with E-state index in [4.69, 9.17) is 4.52 Å². The summed E-state index contributed by atoms with van der Waals surface area (Å²) in [5.41, 5.74) is 1.32. The molecule has 1 amide bonds. The lowest BCUT2D eigenvalue weighted by Crippen LogP contribution is -2.26. The van der Waals surface area contributed by atoms with Crippen LogP contribution >= 0.6 is 0 Å². The quantitative estimate of drug-likeness (QED) is 0.665. The number of hydrogen-bond donors (Lipinski definition) is 0. The van der Waals surface area contributed by atoms with Crippen molar-refractivity contribution in [3.05, 3.63) is 58.9 Å². The highest BCUT2D eigenvalue weighted by Gasteiger charge is 2.30. The van der Waals surface area contributed by atoms with Crippen LogP contribution in [0.2, 0.25) is 0 Å². The summed E-state index contributed by atoms with van der Waals surface area (Å²) in [6, 6.07) is 6.43. The topological polar surface area (TPSA) is 59.2 Å². The van der Waals surface area contributed by atoms with Crippen LogP contribution in [0.5, 0.6) is 0 Å². The van der Waals surface area contributed by atoms with Crippen LogP contribution in [0.25, 0.3) is 11.1 Å². The average Bonchev–Trinajstić information content (AvgIpc) is 3.04. The molecule has 0 aliphatic rings. The first-order valence-corrected chi connectivity index (χ1v) is 8.33. The molecule has 27 heavy (non-hydrogen) atoms. The second kappa shape index (κ2) is 7.02. The summed E-state index contributed by atoms with van der Waals surface area (Å²) in [5, 5.41) is 4.66. The van der Waals surface area contributed by atoms with E-state index >= 15 is 0 Å². The number of halogens is 3. The summed E-state index contributed by atoms with van der Waals surface area (Å²) >= 11 is 0. The summed E-state index contributed by atoms with van der Waals surface area (Å²) in [6.07, 6.45) is -2.97. The number of hydrogen-bond acceptors (Lipinski definition) is 4. The molecule has 0 bridgehead atoms.